The maximum absolute atomic E-state index is 12.0. The molecule has 8 heteroatoms. The first kappa shape index (κ1) is 13.9. The highest BCUT2D eigenvalue weighted by atomic mass is 32.2. The summed E-state index contributed by atoms with van der Waals surface area (Å²) in [5, 5.41) is 9.41. The number of carbonyl (C=O) groups excluding carboxylic acids is 1. The summed E-state index contributed by atoms with van der Waals surface area (Å²) in [4.78, 5) is 12.0. The summed E-state index contributed by atoms with van der Waals surface area (Å²) in [5.41, 5.74) is 7.09. The third kappa shape index (κ3) is 3.06. The van der Waals surface area contributed by atoms with E-state index in [1.54, 1.807) is 0 Å². The predicted molar refractivity (Wildman–Crippen MR) is 71.5 cm³/mol. The van der Waals surface area contributed by atoms with Gasteiger partial charge in [0.2, 0.25) is 0 Å². The Balaban J connectivity index is 2.00. The summed E-state index contributed by atoms with van der Waals surface area (Å²) in [7, 11) is -2.92. The molecule has 1 aliphatic heterocycles. The van der Waals surface area contributed by atoms with Crippen LogP contribution in [0.5, 0.6) is 0 Å². The van der Waals surface area contributed by atoms with Crippen LogP contribution in [0.25, 0.3) is 0 Å². The van der Waals surface area contributed by atoms with Crippen molar-refractivity contribution >= 4 is 21.4 Å². The van der Waals surface area contributed by atoms with Crippen LogP contribution >= 0.6 is 0 Å². The average Bonchev–Trinajstić information content (AvgIpc) is 2.73. The SMILES string of the molecule is CCc1[nH]nc(C(=O)NC2CCS(=O)(=O)CC2)c1N. The van der Waals surface area contributed by atoms with Gasteiger partial charge in [-0.2, -0.15) is 5.10 Å². The van der Waals surface area contributed by atoms with Crippen LogP contribution in [0, 0.1) is 0 Å². The van der Waals surface area contributed by atoms with Crippen LogP contribution in [0.2, 0.25) is 0 Å². The van der Waals surface area contributed by atoms with Crippen LogP contribution in [0.15, 0.2) is 0 Å². The quantitative estimate of drug-likeness (QED) is 0.715. The zero-order valence-corrected chi connectivity index (χ0v) is 11.6. The number of aryl methyl sites for hydroxylation is 1. The number of nitrogens with two attached hydrogens (primary N) is 1. The van der Waals surface area contributed by atoms with Crippen LogP contribution in [0.4, 0.5) is 5.69 Å². The minimum Gasteiger partial charge on any atom is -0.395 e. The Morgan fingerprint density at radius 1 is 1.47 bits per heavy atom. The molecule has 2 rings (SSSR count). The number of nitrogen functional groups attached to an aromatic ring is 1. The van der Waals surface area contributed by atoms with Crippen LogP contribution in [-0.4, -0.2) is 42.1 Å². The summed E-state index contributed by atoms with van der Waals surface area (Å²) in [6.45, 7) is 1.91. The molecule has 0 unspecified atom stereocenters. The van der Waals surface area contributed by atoms with Gasteiger partial charge in [-0.3, -0.25) is 9.89 Å². The molecular formula is C11H18N4O3S. The number of rotatable bonds is 3. The van der Waals surface area contributed by atoms with Crippen LogP contribution in [-0.2, 0) is 16.3 Å². The van der Waals surface area contributed by atoms with E-state index in [1.807, 2.05) is 6.92 Å². The number of aromatic nitrogens is 2. The molecule has 1 saturated heterocycles. The van der Waals surface area contributed by atoms with Gasteiger partial charge in [0.1, 0.15) is 9.84 Å². The molecule has 1 amide bonds. The van der Waals surface area contributed by atoms with E-state index in [0.717, 1.165) is 5.69 Å². The lowest BCUT2D eigenvalue weighted by Gasteiger charge is -2.22. The molecule has 0 aliphatic carbocycles. The zero-order chi connectivity index (χ0) is 14.0. The molecule has 1 aliphatic rings. The Hall–Kier alpha value is -1.57. The third-order valence-corrected chi connectivity index (χ3v) is 5.06. The normalized spacial score (nSPS) is 19.2. The molecule has 0 aromatic carbocycles. The Kier molecular flexibility index (Phi) is 3.79. The Morgan fingerprint density at radius 2 is 2.11 bits per heavy atom. The number of aromatic amines is 1. The second kappa shape index (κ2) is 5.20. The van der Waals surface area contributed by atoms with Crippen LogP contribution in [0.3, 0.4) is 0 Å². The van der Waals surface area contributed by atoms with E-state index in [9.17, 15) is 13.2 Å². The highest BCUT2D eigenvalue weighted by Gasteiger charge is 2.26. The molecule has 1 fully saturated rings. The third-order valence-electron chi connectivity index (χ3n) is 3.34. The smallest absolute Gasteiger partial charge is 0.274 e. The minimum atomic E-state index is -2.92. The predicted octanol–water partition coefficient (Wildman–Crippen LogP) is -0.139. The Bertz CT molecular complexity index is 565. The van der Waals surface area contributed by atoms with Crippen LogP contribution in [0.1, 0.15) is 35.9 Å². The molecule has 19 heavy (non-hydrogen) atoms. The van der Waals surface area contributed by atoms with E-state index < -0.39 is 9.84 Å². The van der Waals surface area contributed by atoms with Gasteiger partial charge < -0.3 is 11.1 Å². The van der Waals surface area contributed by atoms with Gasteiger partial charge in [0.05, 0.1) is 22.9 Å². The fourth-order valence-electron chi connectivity index (χ4n) is 2.12. The molecule has 0 bridgehead atoms. The first-order valence-corrected chi connectivity index (χ1v) is 8.09. The molecule has 2 heterocycles. The molecule has 0 radical (unpaired) electrons. The summed E-state index contributed by atoms with van der Waals surface area (Å²) < 4.78 is 22.6. The molecule has 0 saturated carbocycles. The van der Waals surface area contributed by atoms with Crippen molar-refractivity contribution in [1.29, 1.82) is 0 Å². The van der Waals surface area contributed by atoms with Gasteiger partial charge in [-0.05, 0) is 19.3 Å². The fraction of sp³-hybridized carbons (Fsp3) is 0.636. The number of hydrogen-bond donors (Lipinski definition) is 3. The maximum Gasteiger partial charge on any atom is 0.274 e. The van der Waals surface area contributed by atoms with E-state index >= 15 is 0 Å². The number of H-pyrrole nitrogens is 1. The number of nitrogens with one attached hydrogen (secondary N) is 2. The number of carbonyl (C=O) groups is 1. The Labute approximate surface area is 111 Å². The summed E-state index contributed by atoms with van der Waals surface area (Å²) in [6.07, 6.45) is 1.56. The highest BCUT2D eigenvalue weighted by Crippen LogP contribution is 2.16. The molecule has 0 spiro atoms. The summed E-state index contributed by atoms with van der Waals surface area (Å²) in [5.74, 6) is -0.111. The van der Waals surface area contributed by atoms with E-state index in [0.29, 0.717) is 24.9 Å². The molecule has 4 N–H and O–H groups in total. The number of sulfone groups is 1. The highest BCUT2D eigenvalue weighted by molar-refractivity contribution is 7.91. The Morgan fingerprint density at radius 3 is 2.63 bits per heavy atom. The van der Waals surface area contributed by atoms with Crippen molar-refractivity contribution in [1.82, 2.24) is 15.5 Å². The van der Waals surface area contributed by atoms with Gasteiger partial charge in [-0.1, -0.05) is 6.92 Å². The monoisotopic (exact) mass is 286 g/mol. The lowest BCUT2D eigenvalue weighted by Crippen LogP contribution is -2.41. The van der Waals surface area contributed by atoms with Crippen molar-refractivity contribution in [3.05, 3.63) is 11.4 Å². The van der Waals surface area contributed by atoms with E-state index in [-0.39, 0.29) is 29.1 Å². The van der Waals surface area contributed by atoms with Crippen molar-refractivity contribution in [3.8, 4) is 0 Å². The molecular weight excluding hydrogens is 268 g/mol. The number of hydrogen-bond acceptors (Lipinski definition) is 5. The standard InChI is InChI=1S/C11H18N4O3S/c1-2-8-9(12)10(15-14-8)11(16)13-7-3-5-19(17,18)6-4-7/h7H,2-6,12H2,1H3,(H,13,16)(H,14,15). The van der Waals surface area contributed by atoms with Crippen molar-refractivity contribution in [3.63, 3.8) is 0 Å². The van der Waals surface area contributed by atoms with Gasteiger partial charge in [-0.15, -0.1) is 0 Å². The molecule has 106 valence electrons. The second-order valence-corrected chi connectivity index (χ2v) is 7.02. The van der Waals surface area contributed by atoms with Gasteiger partial charge in [0, 0.05) is 6.04 Å². The van der Waals surface area contributed by atoms with Crippen molar-refractivity contribution in [2.45, 2.75) is 32.2 Å². The van der Waals surface area contributed by atoms with E-state index in [2.05, 4.69) is 15.5 Å². The lowest BCUT2D eigenvalue weighted by atomic mass is 10.1. The molecule has 7 nitrogen and oxygen atoms in total. The van der Waals surface area contributed by atoms with Gasteiger partial charge in [0.25, 0.3) is 5.91 Å². The van der Waals surface area contributed by atoms with Crippen molar-refractivity contribution in [2.75, 3.05) is 17.2 Å². The minimum absolute atomic E-state index is 0.119. The van der Waals surface area contributed by atoms with E-state index in [4.69, 9.17) is 5.73 Å². The topological polar surface area (TPSA) is 118 Å². The number of amides is 1. The first-order valence-electron chi connectivity index (χ1n) is 6.27. The van der Waals surface area contributed by atoms with Gasteiger partial charge >= 0.3 is 0 Å². The molecule has 1 aromatic rings. The van der Waals surface area contributed by atoms with Gasteiger partial charge in [0.15, 0.2) is 5.69 Å². The van der Waals surface area contributed by atoms with Crippen molar-refractivity contribution < 1.29 is 13.2 Å². The first-order chi connectivity index (χ1) is 8.93. The molecule has 1 aromatic heterocycles. The lowest BCUT2D eigenvalue weighted by molar-refractivity contribution is 0.0930. The summed E-state index contributed by atoms with van der Waals surface area (Å²) >= 11 is 0. The van der Waals surface area contributed by atoms with Crippen LogP contribution < -0.4 is 11.1 Å². The van der Waals surface area contributed by atoms with Crippen molar-refractivity contribution in [2.24, 2.45) is 0 Å². The fourth-order valence-corrected chi connectivity index (χ4v) is 3.61. The maximum atomic E-state index is 12.0. The average molecular weight is 286 g/mol. The molecule has 0 atom stereocenters. The largest absolute Gasteiger partial charge is 0.395 e. The van der Waals surface area contributed by atoms with E-state index in [1.165, 1.54) is 0 Å². The second-order valence-electron chi connectivity index (χ2n) is 4.72. The van der Waals surface area contributed by atoms with Gasteiger partial charge in [-0.25, -0.2) is 8.42 Å². The number of nitrogens with zero attached hydrogens (tertiary/aromatic N) is 1. The summed E-state index contributed by atoms with van der Waals surface area (Å²) in [6, 6.07) is -0.128. The zero-order valence-electron chi connectivity index (χ0n) is 10.8. The number of anilines is 1.